The van der Waals surface area contributed by atoms with Crippen molar-refractivity contribution in [2.24, 2.45) is 0 Å². The number of aromatic carboxylic acids is 1. The molecule has 1 unspecified atom stereocenters. The van der Waals surface area contributed by atoms with Gasteiger partial charge in [-0.15, -0.1) is 0 Å². The molecule has 0 aromatic heterocycles. The van der Waals surface area contributed by atoms with Crippen LogP contribution in [0.15, 0.2) is 91.0 Å². The van der Waals surface area contributed by atoms with Crippen LogP contribution in [-0.4, -0.2) is 55.4 Å². The number of nitro groups is 1. The van der Waals surface area contributed by atoms with E-state index in [1.54, 1.807) is 62.4 Å². The highest BCUT2D eigenvalue weighted by Gasteiger charge is 2.61. The Hall–Kier alpha value is -6.17. The number of carbonyl (C=O) groups is 5. The van der Waals surface area contributed by atoms with Crippen LogP contribution in [0.3, 0.4) is 0 Å². The second kappa shape index (κ2) is 12.7. The molecule has 12 heteroatoms. The number of nitrogens with zero attached hydrogens (tertiary/aromatic N) is 3. The largest absolute Gasteiger partial charge is 0.478 e. The van der Waals surface area contributed by atoms with E-state index in [1.165, 1.54) is 24.3 Å². The van der Waals surface area contributed by atoms with E-state index < -0.39 is 63.5 Å². The number of anilines is 1. The summed E-state index contributed by atoms with van der Waals surface area (Å²) in [6, 6.07) is 21.7. The van der Waals surface area contributed by atoms with Gasteiger partial charge in [-0.25, -0.2) is 14.5 Å². The van der Waals surface area contributed by atoms with Gasteiger partial charge in [0.2, 0.25) is 5.66 Å². The van der Waals surface area contributed by atoms with Crippen LogP contribution in [-0.2, 0) is 24.1 Å². The van der Waals surface area contributed by atoms with Gasteiger partial charge >= 0.3 is 11.9 Å². The van der Waals surface area contributed by atoms with Crippen molar-refractivity contribution in [1.29, 1.82) is 0 Å². The molecular weight excluding hydrogens is 606 g/mol. The Bertz CT molecular complexity index is 1870. The maximum absolute atomic E-state index is 15.2. The van der Waals surface area contributed by atoms with E-state index in [-0.39, 0.29) is 29.7 Å². The van der Waals surface area contributed by atoms with Gasteiger partial charge in [-0.05, 0) is 47.7 Å². The Morgan fingerprint density at radius 1 is 0.787 bits per heavy atom. The summed E-state index contributed by atoms with van der Waals surface area (Å²) in [5.74, 6) is -6.88. The molecule has 238 valence electrons. The molecule has 0 saturated carbocycles. The predicted molar refractivity (Wildman–Crippen MR) is 170 cm³/mol. The minimum absolute atomic E-state index is 0.00752. The van der Waals surface area contributed by atoms with Crippen LogP contribution in [0, 0.1) is 10.1 Å². The van der Waals surface area contributed by atoms with Crippen LogP contribution in [0.25, 0.3) is 0 Å². The molecule has 5 rings (SSSR count). The van der Waals surface area contributed by atoms with Crippen LogP contribution >= 0.6 is 0 Å². The van der Waals surface area contributed by atoms with Crippen LogP contribution in [0.2, 0.25) is 0 Å². The van der Waals surface area contributed by atoms with Crippen LogP contribution in [0.4, 0.5) is 11.4 Å². The molecule has 0 spiro atoms. The van der Waals surface area contributed by atoms with Gasteiger partial charge in [0.15, 0.2) is 0 Å². The lowest BCUT2D eigenvalue weighted by Gasteiger charge is -2.46. The van der Waals surface area contributed by atoms with E-state index in [4.69, 9.17) is 0 Å². The van der Waals surface area contributed by atoms with Crippen molar-refractivity contribution in [2.75, 3.05) is 4.90 Å². The van der Waals surface area contributed by atoms with Crippen molar-refractivity contribution in [3.8, 4) is 0 Å². The maximum Gasteiger partial charge on any atom is 0.352 e. The third-order valence-electron chi connectivity index (χ3n) is 8.24. The molecule has 2 N–H and O–H groups in total. The molecule has 4 aromatic rings. The lowest BCUT2D eigenvalue weighted by atomic mass is 9.90. The van der Waals surface area contributed by atoms with Crippen LogP contribution < -0.4 is 4.90 Å². The molecule has 4 aromatic carbocycles. The lowest BCUT2D eigenvalue weighted by Crippen LogP contribution is -2.70. The highest BCUT2D eigenvalue weighted by Crippen LogP contribution is 2.42. The summed E-state index contributed by atoms with van der Waals surface area (Å²) in [5, 5.41) is 33.8. The molecule has 12 nitrogen and oxygen atoms in total. The lowest BCUT2D eigenvalue weighted by molar-refractivity contribution is -0.385. The fourth-order valence-corrected chi connectivity index (χ4v) is 6.09. The molecule has 1 heterocycles. The molecule has 3 amide bonds. The number of hydrogen-bond donors (Lipinski definition) is 2. The highest BCUT2D eigenvalue weighted by molar-refractivity contribution is 6.26. The first kappa shape index (κ1) is 32.2. The van der Waals surface area contributed by atoms with E-state index >= 15 is 4.79 Å². The van der Waals surface area contributed by atoms with Crippen molar-refractivity contribution in [1.82, 2.24) is 4.90 Å². The van der Waals surface area contributed by atoms with Gasteiger partial charge in [-0.1, -0.05) is 80.6 Å². The van der Waals surface area contributed by atoms with Gasteiger partial charge in [0.25, 0.3) is 23.4 Å². The Kier molecular flexibility index (Phi) is 8.69. The maximum atomic E-state index is 15.2. The van der Waals surface area contributed by atoms with Gasteiger partial charge in [0.05, 0.1) is 27.3 Å². The monoisotopic (exact) mass is 635 g/mol. The van der Waals surface area contributed by atoms with E-state index in [0.29, 0.717) is 21.6 Å². The fraction of sp³-hybridized carbons (Fsp3) is 0.171. The number of rotatable bonds is 11. The minimum atomic E-state index is -2.89. The number of hydrogen-bond acceptors (Lipinski definition) is 7. The molecular formula is C35H29N3O9. The average molecular weight is 636 g/mol. The second-order valence-corrected chi connectivity index (χ2v) is 10.8. The van der Waals surface area contributed by atoms with Gasteiger partial charge in [-0.2, -0.15) is 0 Å². The molecule has 1 atom stereocenters. The Morgan fingerprint density at radius 2 is 1.32 bits per heavy atom. The second-order valence-electron chi connectivity index (χ2n) is 10.8. The van der Waals surface area contributed by atoms with Crippen molar-refractivity contribution in [2.45, 2.75) is 38.8 Å². The number of amides is 3. The molecule has 0 bridgehead atoms. The number of aliphatic carboxylic acids is 1. The van der Waals surface area contributed by atoms with E-state index in [9.17, 15) is 39.5 Å². The first-order valence-corrected chi connectivity index (χ1v) is 14.7. The van der Waals surface area contributed by atoms with Gasteiger partial charge in [-0.3, -0.25) is 29.4 Å². The summed E-state index contributed by atoms with van der Waals surface area (Å²) in [6.45, 7) is 3.49. The molecule has 0 aliphatic carbocycles. The zero-order chi connectivity index (χ0) is 34.0. The number of fused-ring (bicyclic) bond motifs is 1. The SMILES string of the molecule is CCc1cccc(CC)c1N(C(=O)c1c(C(=O)O)cccc1[N+](=O)[O-])C(Cc1ccccc1)(C(=O)O)N1C(=O)c2ccccc2C1=O. The molecule has 47 heavy (non-hydrogen) atoms. The normalized spacial score (nSPS) is 13.5. The number of para-hydroxylation sites is 1. The summed E-state index contributed by atoms with van der Waals surface area (Å²) in [7, 11) is 0. The van der Waals surface area contributed by atoms with Gasteiger partial charge in [0, 0.05) is 12.5 Å². The molecule has 0 fully saturated rings. The number of aryl methyl sites for hydroxylation is 2. The summed E-state index contributed by atoms with van der Waals surface area (Å²) in [5.41, 5.74) is -4.51. The van der Waals surface area contributed by atoms with E-state index in [2.05, 4.69) is 0 Å². The van der Waals surface area contributed by atoms with Crippen molar-refractivity contribution >= 4 is 41.0 Å². The van der Waals surface area contributed by atoms with Crippen LogP contribution in [0.5, 0.6) is 0 Å². The quantitative estimate of drug-likeness (QED) is 0.124. The zero-order valence-corrected chi connectivity index (χ0v) is 25.4. The number of imide groups is 1. The van der Waals surface area contributed by atoms with Gasteiger partial charge < -0.3 is 10.2 Å². The fourth-order valence-electron chi connectivity index (χ4n) is 6.09. The van der Waals surface area contributed by atoms with E-state index in [0.717, 1.165) is 23.1 Å². The Balaban J connectivity index is 1.98. The van der Waals surface area contributed by atoms with Crippen molar-refractivity contribution in [3.05, 3.63) is 140 Å². The topological polar surface area (TPSA) is 175 Å². The number of nitro benzene ring substituents is 1. The van der Waals surface area contributed by atoms with Crippen LogP contribution in [0.1, 0.15) is 72.0 Å². The molecule has 1 aliphatic rings. The number of carboxylic acids is 2. The minimum Gasteiger partial charge on any atom is -0.478 e. The molecule has 0 saturated heterocycles. The first-order chi connectivity index (χ1) is 22.5. The number of carbonyl (C=O) groups excluding carboxylic acids is 3. The summed E-state index contributed by atoms with van der Waals surface area (Å²) >= 11 is 0. The van der Waals surface area contributed by atoms with E-state index in [1.807, 2.05) is 0 Å². The first-order valence-electron chi connectivity index (χ1n) is 14.7. The third kappa shape index (κ3) is 5.29. The third-order valence-corrected chi connectivity index (χ3v) is 8.24. The summed E-state index contributed by atoms with van der Waals surface area (Å²) < 4.78 is 0. The van der Waals surface area contributed by atoms with Gasteiger partial charge in [0.1, 0.15) is 5.56 Å². The predicted octanol–water partition coefficient (Wildman–Crippen LogP) is 5.38. The van der Waals surface area contributed by atoms with Crippen molar-refractivity contribution in [3.63, 3.8) is 0 Å². The zero-order valence-electron chi connectivity index (χ0n) is 25.4. The highest BCUT2D eigenvalue weighted by atomic mass is 16.6. The Labute approximate surface area is 268 Å². The summed E-state index contributed by atoms with van der Waals surface area (Å²) in [6.07, 6.45) is -0.178. The standard InChI is InChI=1S/C35H29N3O9/c1-3-22-14-10-15-23(4-2)29(22)36(32(41)28-26(33(42)43)18-11-19-27(28)38(46)47)35(34(44)45,20-21-12-6-5-7-13-21)37-30(39)24-16-8-9-17-25(24)31(37)40/h5-19H,3-4,20H2,1-2H3,(H,42,43)(H,44,45). The molecule has 1 aliphatic heterocycles. The average Bonchev–Trinajstić information content (AvgIpc) is 3.33. The molecule has 0 radical (unpaired) electrons. The van der Waals surface area contributed by atoms with Crippen molar-refractivity contribution < 1.29 is 39.1 Å². The number of benzene rings is 4. The summed E-state index contributed by atoms with van der Waals surface area (Å²) in [4.78, 5) is 82.7. The Morgan fingerprint density at radius 3 is 1.81 bits per heavy atom. The number of carboxylic acid groups (broad SMARTS) is 2. The smallest absolute Gasteiger partial charge is 0.352 e.